The Labute approximate surface area is 120 Å². The Kier molecular flexibility index (Phi) is 3.88. The molecule has 1 amide bonds. The number of carbonyl (C=O) groups is 1. The number of benzene rings is 1. The van der Waals surface area contributed by atoms with E-state index in [1.165, 1.54) is 35.0 Å². The van der Waals surface area contributed by atoms with Crippen LogP contribution < -0.4 is 9.80 Å². The number of anilines is 2. The molecule has 0 bridgehead atoms. The van der Waals surface area contributed by atoms with E-state index >= 15 is 0 Å². The first-order valence-corrected chi connectivity index (χ1v) is 6.55. The van der Waals surface area contributed by atoms with E-state index in [0.717, 1.165) is 0 Å². The maximum atomic E-state index is 12.7. The van der Waals surface area contributed by atoms with Crippen molar-refractivity contribution in [3.8, 4) is 0 Å². The van der Waals surface area contributed by atoms with Gasteiger partial charge < -0.3 is 14.9 Å². The highest BCUT2D eigenvalue weighted by molar-refractivity contribution is 6.03. The zero-order chi connectivity index (χ0) is 15.9. The molecule has 1 heterocycles. The largest absolute Gasteiger partial charge is 0.405 e. The highest BCUT2D eigenvalue weighted by Crippen LogP contribution is 2.38. The number of rotatable bonds is 3. The van der Waals surface area contributed by atoms with Gasteiger partial charge in [0.25, 0.3) is 5.91 Å². The van der Waals surface area contributed by atoms with Gasteiger partial charge in [0.2, 0.25) is 0 Å². The first-order chi connectivity index (χ1) is 9.61. The molecular formula is C14H17F3N2O2. The molecule has 1 unspecified atom stereocenters. The van der Waals surface area contributed by atoms with E-state index in [1.54, 1.807) is 13.8 Å². The molecule has 0 fully saturated rings. The van der Waals surface area contributed by atoms with Crippen LogP contribution in [0.15, 0.2) is 18.2 Å². The fourth-order valence-corrected chi connectivity index (χ4v) is 2.43. The Balaban J connectivity index is 2.39. The molecular weight excluding hydrogens is 285 g/mol. The second kappa shape index (κ2) is 5.22. The third-order valence-electron chi connectivity index (χ3n) is 3.54. The number of carbonyl (C=O) groups excluding carboxylic acids is 1. The number of likely N-dealkylation sites (N-methyl/N-ethyl adjacent to an activating group) is 1. The summed E-state index contributed by atoms with van der Waals surface area (Å²) in [7, 11) is 1.49. The number of amides is 1. The van der Waals surface area contributed by atoms with Crippen molar-refractivity contribution in [3.63, 3.8) is 0 Å². The summed E-state index contributed by atoms with van der Waals surface area (Å²) in [5.74, 6) is -0.478. The number of halogens is 3. The number of nitrogens with zero attached hydrogens (tertiary/aromatic N) is 2. The van der Waals surface area contributed by atoms with Gasteiger partial charge >= 0.3 is 6.18 Å². The van der Waals surface area contributed by atoms with Crippen LogP contribution in [0.25, 0.3) is 0 Å². The second-order valence-electron chi connectivity index (χ2n) is 5.38. The summed E-state index contributed by atoms with van der Waals surface area (Å²) in [4.78, 5) is 14.2. The van der Waals surface area contributed by atoms with Gasteiger partial charge in [-0.1, -0.05) is 6.07 Å². The Hall–Kier alpha value is -1.76. The number of alkyl halides is 3. The topological polar surface area (TPSA) is 43.8 Å². The first kappa shape index (κ1) is 15.6. The molecule has 0 saturated carbocycles. The van der Waals surface area contributed by atoms with Crippen LogP contribution in [0.1, 0.15) is 25.5 Å². The average molecular weight is 302 g/mol. The minimum Gasteiger partial charge on any atom is -0.378 e. The van der Waals surface area contributed by atoms with Gasteiger partial charge in [-0.25, -0.2) is 0 Å². The van der Waals surface area contributed by atoms with Crippen LogP contribution in [0.2, 0.25) is 0 Å². The van der Waals surface area contributed by atoms with Gasteiger partial charge in [-0.05, 0) is 26.0 Å². The van der Waals surface area contributed by atoms with Gasteiger partial charge in [-0.3, -0.25) is 4.79 Å². The summed E-state index contributed by atoms with van der Waals surface area (Å²) < 4.78 is 38.0. The normalized spacial score (nSPS) is 18.4. The van der Waals surface area contributed by atoms with Crippen molar-refractivity contribution in [2.45, 2.75) is 32.2 Å². The molecule has 1 N–H and O–H groups in total. The van der Waals surface area contributed by atoms with E-state index in [4.69, 9.17) is 0 Å². The van der Waals surface area contributed by atoms with E-state index in [-0.39, 0.29) is 6.04 Å². The molecule has 7 heteroatoms. The smallest absolute Gasteiger partial charge is 0.378 e. The molecule has 0 aromatic heterocycles. The van der Waals surface area contributed by atoms with Crippen molar-refractivity contribution in [2.24, 2.45) is 0 Å². The third kappa shape index (κ3) is 2.97. The lowest BCUT2D eigenvalue weighted by Gasteiger charge is -2.30. The predicted octanol–water partition coefficient (Wildman–Crippen LogP) is 2.47. The molecule has 21 heavy (non-hydrogen) atoms. The highest BCUT2D eigenvalue weighted by Gasteiger charge is 2.36. The molecule has 1 atom stereocenters. The highest BCUT2D eigenvalue weighted by atomic mass is 19.4. The molecule has 1 aliphatic rings. The maximum absolute atomic E-state index is 12.7. The number of hydrogen-bond acceptors (Lipinski definition) is 3. The quantitative estimate of drug-likeness (QED) is 0.933. The Bertz CT molecular complexity index is 558. The third-order valence-corrected chi connectivity index (χ3v) is 3.54. The Morgan fingerprint density at radius 2 is 2.00 bits per heavy atom. The van der Waals surface area contributed by atoms with Crippen LogP contribution in [-0.2, 0) is 4.79 Å². The zero-order valence-corrected chi connectivity index (χ0v) is 12.0. The number of aliphatic hydroxyl groups excluding tert-OH is 1. The van der Waals surface area contributed by atoms with Crippen molar-refractivity contribution < 1.29 is 23.1 Å². The minimum atomic E-state index is -4.31. The maximum Gasteiger partial charge on any atom is 0.405 e. The predicted molar refractivity (Wildman–Crippen MR) is 73.3 cm³/mol. The molecule has 2 rings (SSSR count). The van der Waals surface area contributed by atoms with Crippen LogP contribution in [0.5, 0.6) is 0 Å². The SMILES string of the molecule is CC(C)N(CC(F)(F)F)c1ccc2c(c1)N(C)C(=O)C2O. The zero-order valence-electron chi connectivity index (χ0n) is 12.0. The van der Waals surface area contributed by atoms with Gasteiger partial charge in [0.05, 0.1) is 5.69 Å². The first-order valence-electron chi connectivity index (χ1n) is 6.55. The van der Waals surface area contributed by atoms with Crippen molar-refractivity contribution in [2.75, 3.05) is 23.4 Å². The molecule has 0 radical (unpaired) electrons. The van der Waals surface area contributed by atoms with Crippen LogP contribution in [0, 0.1) is 0 Å². The Morgan fingerprint density at radius 1 is 1.38 bits per heavy atom. The number of hydrogen-bond donors (Lipinski definition) is 1. The van der Waals surface area contributed by atoms with Gasteiger partial charge in [0, 0.05) is 24.3 Å². The van der Waals surface area contributed by atoms with Crippen LogP contribution in [0.3, 0.4) is 0 Å². The van der Waals surface area contributed by atoms with Crippen molar-refractivity contribution in [1.82, 2.24) is 0 Å². The molecule has 1 aromatic carbocycles. The van der Waals surface area contributed by atoms with Gasteiger partial charge in [-0.15, -0.1) is 0 Å². The fourth-order valence-electron chi connectivity index (χ4n) is 2.43. The van der Waals surface area contributed by atoms with Crippen LogP contribution in [0.4, 0.5) is 24.5 Å². The summed E-state index contributed by atoms with van der Waals surface area (Å²) in [5.41, 5.74) is 1.23. The lowest BCUT2D eigenvalue weighted by Crippen LogP contribution is -2.39. The average Bonchev–Trinajstić information content (AvgIpc) is 2.60. The van der Waals surface area contributed by atoms with E-state index < -0.39 is 24.7 Å². The molecule has 4 nitrogen and oxygen atoms in total. The summed E-state index contributed by atoms with van der Waals surface area (Å²) in [6, 6.07) is 4.16. The number of fused-ring (bicyclic) bond motifs is 1. The fraction of sp³-hybridized carbons (Fsp3) is 0.500. The van der Waals surface area contributed by atoms with Crippen molar-refractivity contribution in [1.29, 1.82) is 0 Å². The molecule has 1 aromatic rings. The summed E-state index contributed by atoms with van der Waals surface area (Å²) in [5, 5.41) is 9.76. The summed E-state index contributed by atoms with van der Waals surface area (Å²) in [6.07, 6.45) is -5.56. The lowest BCUT2D eigenvalue weighted by atomic mass is 10.1. The molecule has 1 aliphatic heterocycles. The van der Waals surface area contributed by atoms with Gasteiger partial charge in [0.15, 0.2) is 6.10 Å². The van der Waals surface area contributed by atoms with E-state index in [0.29, 0.717) is 16.9 Å². The summed E-state index contributed by atoms with van der Waals surface area (Å²) in [6.45, 7) is 2.27. The Morgan fingerprint density at radius 3 is 2.52 bits per heavy atom. The number of aliphatic hydroxyl groups is 1. The molecule has 0 spiro atoms. The van der Waals surface area contributed by atoms with Crippen LogP contribution >= 0.6 is 0 Å². The lowest BCUT2D eigenvalue weighted by molar-refractivity contribution is -0.125. The molecule has 0 aliphatic carbocycles. The van der Waals surface area contributed by atoms with E-state index in [1.807, 2.05) is 0 Å². The van der Waals surface area contributed by atoms with Crippen LogP contribution in [-0.4, -0.2) is 36.8 Å². The van der Waals surface area contributed by atoms with Crippen molar-refractivity contribution >= 4 is 17.3 Å². The monoisotopic (exact) mass is 302 g/mol. The van der Waals surface area contributed by atoms with Gasteiger partial charge in [-0.2, -0.15) is 13.2 Å². The van der Waals surface area contributed by atoms with Crippen molar-refractivity contribution in [3.05, 3.63) is 23.8 Å². The van der Waals surface area contributed by atoms with E-state index in [2.05, 4.69) is 0 Å². The second-order valence-corrected chi connectivity index (χ2v) is 5.38. The minimum absolute atomic E-state index is 0.350. The molecule has 0 saturated heterocycles. The standard InChI is InChI=1S/C14H17F3N2O2/c1-8(2)19(7-14(15,16)17)9-4-5-10-11(6-9)18(3)13(21)12(10)20/h4-6,8,12,20H,7H2,1-3H3. The van der Waals surface area contributed by atoms with Gasteiger partial charge in [0.1, 0.15) is 6.54 Å². The molecule has 116 valence electrons. The van der Waals surface area contributed by atoms with E-state index in [9.17, 15) is 23.1 Å². The summed E-state index contributed by atoms with van der Waals surface area (Å²) >= 11 is 0.